The second-order valence-electron chi connectivity index (χ2n) is 6.57. The number of carbonyl (C=O) groups excluding carboxylic acids is 1. The van der Waals surface area contributed by atoms with Crippen LogP contribution in [-0.2, 0) is 9.53 Å². The van der Waals surface area contributed by atoms with E-state index in [1.54, 1.807) is 6.92 Å². The minimum atomic E-state index is -0.303. The van der Waals surface area contributed by atoms with Gasteiger partial charge < -0.3 is 9.47 Å². The lowest BCUT2D eigenvalue weighted by Gasteiger charge is -2.08. The van der Waals surface area contributed by atoms with E-state index in [2.05, 4.69) is 49.9 Å². The lowest BCUT2D eigenvalue weighted by molar-refractivity contribution is -0.139. The van der Waals surface area contributed by atoms with Crippen molar-refractivity contribution in [2.24, 2.45) is 0 Å². The van der Waals surface area contributed by atoms with Gasteiger partial charge >= 0.3 is 5.97 Å². The number of hydrogen-bond acceptors (Lipinski definition) is 3. The highest BCUT2D eigenvalue weighted by Crippen LogP contribution is 2.22. The number of carbonyl (C=O) groups is 1. The zero-order valence-corrected chi connectivity index (χ0v) is 15.8. The summed E-state index contributed by atoms with van der Waals surface area (Å²) in [5.74, 6) is 0.596. The molecule has 0 saturated heterocycles. The molecule has 3 heteroatoms. The van der Waals surface area contributed by atoms with Gasteiger partial charge in [-0.2, -0.15) is 0 Å². The van der Waals surface area contributed by atoms with E-state index in [9.17, 15) is 4.79 Å². The normalized spacial score (nSPS) is 10.4. The smallest absolute Gasteiger partial charge is 0.333 e. The Balaban J connectivity index is 1.61. The zero-order chi connectivity index (χ0) is 18.8. The fourth-order valence-corrected chi connectivity index (χ4v) is 2.53. The van der Waals surface area contributed by atoms with Gasteiger partial charge in [0, 0.05) is 5.57 Å². The molecule has 0 amide bonds. The van der Waals surface area contributed by atoms with Crippen molar-refractivity contribution in [2.45, 2.75) is 39.5 Å². The van der Waals surface area contributed by atoms with Gasteiger partial charge in [-0.1, -0.05) is 48.5 Å². The Kier molecular flexibility index (Phi) is 7.94. The van der Waals surface area contributed by atoms with Gasteiger partial charge in [0.1, 0.15) is 5.75 Å². The van der Waals surface area contributed by atoms with E-state index < -0.39 is 0 Å². The van der Waals surface area contributed by atoms with Crippen molar-refractivity contribution < 1.29 is 14.3 Å². The molecule has 138 valence electrons. The van der Waals surface area contributed by atoms with Gasteiger partial charge in [-0.3, -0.25) is 0 Å². The minimum absolute atomic E-state index is 0.303. The Morgan fingerprint density at radius 1 is 0.846 bits per heavy atom. The summed E-state index contributed by atoms with van der Waals surface area (Å²) in [6, 6.07) is 16.8. The van der Waals surface area contributed by atoms with Crippen molar-refractivity contribution in [1.29, 1.82) is 0 Å². The zero-order valence-electron chi connectivity index (χ0n) is 15.8. The molecule has 0 aliphatic rings. The lowest BCUT2D eigenvalue weighted by atomic mass is 10.0. The number of hydrogen-bond donors (Lipinski definition) is 0. The number of aryl methyl sites for hydroxylation is 1. The molecule has 0 aliphatic heterocycles. The summed E-state index contributed by atoms with van der Waals surface area (Å²) in [5, 5.41) is 0. The van der Waals surface area contributed by atoms with Crippen LogP contribution in [-0.4, -0.2) is 19.2 Å². The van der Waals surface area contributed by atoms with E-state index in [1.165, 1.54) is 16.7 Å². The van der Waals surface area contributed by atoms with Crippen LogP contribution in [0.4, 0.5) is 0 Å². The second kappa shape index (κ2) is 10.4. The minimum Gasteiger partial charge on any atom is -0.494 e. The summed E-state index contributed by atoms with van der Waals surface area (Å²) < 4.78 is 10.9. The average Bonchev–Trinajstić information content (AvgIpc) is 2.65. The molecule has 0 radical (unpaired) electrons. The highest BCUT2D eigenvalue weighted by molar-refractivity contribution is 5.86. The largest absolute Gasteiger partial charge is 0.494 e. The topological polar surface area (TPSA) is 35.5 Å². The van der Waals surface area contributed by atoms with Crippen LogP contribution in [0.5, 0.6) is 5.75 Å². The maximum atomic E-state index is 11.2. The third-order valence-corrected chi connectivity index (χ3v) is 4.13. The van der Waals surface area contributed by atoms with Crippen LogP contribution in [0.2, 0.25) is 0 Å². The van der Waals surface area contributed by atoms with Crippen molar-refractivity contribution >= 4 is 5.97 Å². The maximum Gasteiger partial charge on any atom is 0.333 e. The highest BCUT2D eigenvalue weighted by atomic mass is 16.5. The van der Waals surface area contributed by atoms with Crippen molar-refractivity contribution in [3.63, 3.8) is 0 Å². The number of ether oxygens (including phenoxy) is 2. The summed E-state index contributed by atoms with van der Waals surface area (Å²) in [6.45, 7) is 8.48. The molecule has 0 spiro atoms. The molecule has 0 N–H and O–H groups in total. The molecule has 0 heterocycles. The third-order valence-electron chi connectivity index (χ3n) is 4.13. The molecule has 2 aromatic carbocycles. The van der Waals surface area contributed by atoms with E-state index in [1.807, 2.05) is 12.1 Å². The first-order valence-electron chi connectivity index (χ1n) is 9.19. The summed E-state index contributed by atoms with van der Waals surface area (Å²) >= 11 is 0. The quantitative estimate of drug-likeness (QED) is 0.312. The first kappa shape index (κ1) is 19.8. The second-order valence-corrected chi connectivity index (χ2v) is 6.57. The molecule has 0 fully saturated rings. The van der Waals surface area contributed by atoms with E-state index >= 15 is 0 Å². The van der Waals surface area contributed by atoms with Crippen LogP contribution in [0.1, 0.15) is 38.2 Å². The van der Waals surface area contributed by atoms with Crippen molar-refractivity contribution in [3.05, 3.63) is 66.2 Å². The van der Waals surface area contributed by atoms with Gasteiger partial charge in [-0.25, -0.2) is 4.79 Å². The molecule has 0 aliphatic carbocycles. The maximum absolute atomic E-state index is 11.2. The molecule has 0 aromatic heterocycles. The summed E-state index contributed by atoms with van der Waals surface area (Å²) in [7, 11) is 0. The molecular weight excluding hydrogens is 324 g/mol. The first-order chi connectivity index (χ1) is 12.6. The van der Waals surface area contributed by atoms with Crippen LogP contribution in [0, 0.1) is 6.92 Å². The first-order valence-corrected chi connectivity index (χ1v) is 9.19. The third kappa shape index (κ3) is 6.75. The van der Waals surface area contributed by atoms with Crippen molar-refractivity contribution in [1.82, 2.24) is 0 Å². The molecule has 0 unspecified atom stereocenters. The molecule has 3 nitrogen and oxygen atoms in total. The number of rotatable bonds is 10. The predicted molar refractivity (Wildman–Crippen MR) is 106 cm³/mol. The summed E-state index contributed by atoms with van der Waals surface area (Å²) in [6.07, 6.45) is 3.96. The number of esters is 1. The molecule has 0 atom stereocenters. The van der Waals surface area contributed by atoms with Crippen LogP contribution in [0.25, 0.3) is 11.1 Å². The average molecular weight is 352 g/mol. The molecule has 2 rings (SSSR count). The Hall–Kier alpha value is -2.55. The Morgan fingerprint density at radius 3 is 1.96 bits per heavy atom. The fourth-order valence-electron chi connectivity index (χ4n) is 2.53. The standard InChI is InChI=1S/C23H28O3/c1-18(2)23(24)26-17-7-5-4-6-16-25-22-14-12-21(13-15-22)20-10-8-19(3)9-11-20/h8-15H,1,4-7,16-17H2,2-3H3. The number of benzene rings is 2. The van der Waals surface area contributed by atoms with E-state index in [0.29, 0.717) is 18.8 Å². The number of unbranched alkanes of at least 4 members (excludes halogenated alkanes) is 3. The van der Waals surface area contributed by atoms with Crippen LogP contribution in [0.15, 0.2) is 60.7 Å². The lowest BCUT2D eigenvalue weighted by Crippen LogP contribution is -2.06. The van der Waals surface area contributed by atoms with Crippen LogP contribution in [0.3, 0.4) is 0 Å². The predicted octanol–water partition coefficient (Wildman–Crippen LogP) is 5.72. The van der Waals surface area contributed by atoms with E-state index in [-0.39, 0.29) is 5.97 Å². The van der Waals surface area contributed by atoms with Gasteiger partial charge in [0.25, 0.3) is 0 Å². The van der Waals surface area contributed by atoms with Gasteiger partial charge in [-0.05, 0) is 62.8 Å². The van der Waals surface area contributed by atoms with Crippen LogP contribution >= 0.6 is 0 Å². The van der Waals surface area contributed by atoms with Gasteiger partial charge in [0.15, 0.2) is 0 Å². The summed E-state index contributed by atoms with van der Waals surface area (Å²) in [5.41, 5.74) is 4.13. The highest BCUT2D eigenvalue weighted by Gasteiger charge is 2.02. The molecule has 26 heavy (non-hydrogen) atoms. The molecule has 0 bridgehead atoms. The Labute approximate surface area is 156 Å². The van der Waals surface area contributed by atoms with Gasteiger partial charge in [0.2, 0.25) is 0 Å². The van der Waals surface area contributed by atoms with Crippen LogP contribution < -0.4 is 4.74 Å². The Bertz CT molecular complexity index is 699. The Morgan fingerprint density at radius 2 is 1.38 bits per heavy atom. The van der Waals surface area contributed by atoms with Crippen molar-refractivity contribution in [2.75, 3.05) is 13.2 Å². The van der Waals surface area contributed by atoms with Crippen molar-refractivity contribution in [3.8, 4) is 16.9 Å². The summed E-state index contributed by atoms with van der Waals surface area (Å²) in [4.78, 5) is 11.2. The molecule has 0 saturated carbocycles. The van der Waals surface area contributed by atoms with E-state index in [0.717, 1.165) is 31.4 Å². The van der Waals surface area contributed by atoms with E-state index in [4.69, 9.17) is 9.47 Å². The molecular formula is C23H28O3. The fraction of sp³-hybridized carbons (Fsp3) is 0.348. The van der Waals surface area contributed by atoms with Gasteiger partial charge in [0.05, 0.1) is 13.2 Å². The SMILES string of the molecule is C=C(C)C(=O)OCCCCCCOc1ccc(-c2ccc(C)cc2)cc1. The monoisotopic (exact) mass is 352 g/mol. The van der Waals surface area contributed by atoms with Gasteiger partial charge in [-0.15, -0.1) is 0 Å². The molecule has 2 aromatic rings.